The third-order valence-electron chi connectivity index (χ3n) is 4.86. The van der Waals surface area contributed by atoms with Crippen molar-refractivity contribution in [1.29, 1.82) is 0 Å². The summed E-state index contributed by atoms with van der Waals surface area (Å²) in [5.41, 5.74) is 1.91. The molecule has 10 nitrogen and oxygen atoms in total. The zero-order chi connectivity index (χ0) is 24.7. The van der Waals surface area contributed by atoms with Gasteiger partial charge < -0.3 is 18.9 Å². The second kappa shape index (κ2) is 11.6. The monoisotopic (exact) mass is 491 g/mol. The van der Waals surface area contributed by atoms with Crippen LogP contribution in [0.4, 0.5) is 4.79 Å². The van der Waals surface area contributed by atoms with Crippen LogP contribution in [0.2, 0.25) is 5.15 Å². The van der Waals surface area contributed by atoms with E-state index in [4.69, 9.17) is 30.5 Å². The number of carbonyl (C=O) groups is 3. The molecular formula is C23H26ClN3O7. The summed E-state index contributed by atoms with van der Waals surface area (Å²) in [4.78, 5) is 37.7. The lowest BCUT2D eigenvalue weighted by Gasteiger charge is -2.21. The number of esters is 2. The highest BCUT2D eigenvalue weighted by Gasteiger charge is 2.29. The van der Waals surface area contributed by atoms with Crippen molar-refractivity contribution in [3.05, 3.63) is 40.5 Å². The number of hydrogen-bond acceptors (Lipinski definition) is 9. The standard InChI is InChI=1S/C23H26ClN3O7/c1-4-31-19(28)12-27(13-20(29)32-5-2)23(30)33-17-11-18(24)25-26-22(17)34-21-14(3)7-6-8-16(21)15-9-10-15/h6-8,11,15H,4-5,9-10,12-13H2,1-3H3. The third kappa shape index (κ3) is 6.80. The van der Waals surface area contributed by atoms with Gasteiger partial charge in [0.05, 0.1) is 13.2 Å². The van der Waals surface area contributed by atoms with Gasteiger partial charge in [-0.05, 0) is 50.7 Å². The summed E-state index contributed by atoms with van der Waals surface area (Å²) in [5, 5.41) is 7.70. The molecule has 1 aromatic carbocycles. The van der Waals surface area contributed by atoms with Gasteiger partial charge in [0.25, 0.3) is 5.88 Å². The van der Waals surface area contributed by atoms with Crippen molar-refractivity contribution in [3.8, 4) is 17.4 Å². The quantitative estimate of drug-likeness (QED) is 0.454. The fraction of sp³-hybridized carbons (Fsp3) is 0.435. The smallest absolute Gasteiger partial charge is 0.416 e. The van der Waals surface area contributed by atoms with E-state index in [0.717, 1.165) is 28.9 Å². The molecule has 3 rings (SSSR count). The van der Waals surface area contributed by atoms with Crippen LogP contribution in [0.5, 0.6) is 17.4 Å². The van der Waals surface area contributed by atoms with Crippen LogP contribution in [0, 0.1) is 6.92 Å². The van der Waals surface area contributed by atoms with Crippen LogP contribution in [-0.2, 0) is 19.1 Å². The third-order valence-corrected chi connectivity index (χ3v) is 5.05. The van der Waals surface area contributed by atoms with E-state index in [1.165, 1.54) is 6.07 Å². The number of hydrogen-bond donors (Lipinski definition) is 0. The molecule has 182 valence electrons. The maximum Gasteiger partial charge on any atom is 0.416 e. The van der Waals surface area contributed by atoms with E-state index < -0.39 is 31.1 Å². The first kappa shape index (κ1) is 25.2. The lowest BCUT2D eigenvalue weighted by Crippen LogP contribution is -2.42. The predicted octanol–water partition coefficient (Wildman–Crippen LogP) is 4.04. The average Bonchev–Trinajstić information content (AvgIpc) is 3.62. The summed E-state index contributed by atoms with van der Waals surface area (Å²) in [6.45, 7) is 4.35. The number of nitrogens with zero attached hydrogens (tertiary/aromatic N) is 3. The average molecular weight is 492 g/mol. The van der Waals surface area contributed by atoms with Crippen molar-refractivity contribution in [2.45, 2.75) is 39.5 Å². The Morgan fingerprint density at radius 1 is 1.06 bits per heavy atom. The fourth-order valence-electron chi connectivity index (χ4n) is 3.18. The number of para-hydroxylation sites is 1. The molecule has 0 aliphatic heterocycles. The molecule has 1 saturated carbocycles. The van der Waals surface area contributed by atoms with Crippen molar-refractivity contribution in [2.75, 3.05) is 26.3 Å². The van der Waals surface area contributed by atoms with E-state index >= 15 is 0 Å². The number of carbonyl (C=O) groups excluding carboxylic acids is 3. The Hall–Kier alpha value is -3.40. The summed E-state index contributed by atoms with van der Waals surface area (Å²) in [7, 11) is 0. The van der Waals surface area contributed by atoms with Crippen LogP contribution >= 0.6 is 11.6 Å². The van der Waals surface area contributed by atoms with E-state index in [2.05, 4.69) is 10.2 Å². The molecule has 34 heavy (non-hydrogen) atoms. The van der Waals surface area contributed by atoms with E-state index in [0.29, 0.717) is 11.7 Å². The first-order chi connectivity index (χ1) is 16.3. The topological polar surface area (TPSA) is 117 Å². The second-order valence-corrected chi connectivity index (χ2v) is 7.93. The molecule has 0 radical (unpaired) electrons. The highest BCUT2D eigenvalue weighted by molar-refractivity contribution is 6.29. The highest BCUT2D eigenvalue weighted by Crippen LogP contribution is 2.46. The minimum absolute atomic E-state index is 0.0373. The van der Waals surface area contributed by atoms with Crippen LogP contribution in [0.15, 0.2) is 24.3 Å². The van der Waals surface area contributed by atoms with Gasteiger partial charge in [0.15, 0.2) is 10.9 Å². The van der Waals surface area contributed by atoms with Crippen molar-refractivity contribution >= 4 is 29.6 Å². The van der Waals surface area contributed by atoms with E-state index in [9.17, 15) is 14.4 Å². The molecule has 0 bridgehead atoms. The summed E-state index contributed by atoms with van der Waals surface area (Å²) in [6.07, 6.45) is 1.11. The van der Waals surface area contributed by atoms with Gasteiger partial charge in [0.1, 0.15) is 18.8 Å². The molecule has 1 aliphatic carbocycles. The Morgan fingerprint density at radius 2 is 1.71 bits per heavy atom. The van der Waals surface area contributed by atoms with Gasteiger partial charge >= 0.3 is 18.0 Å². The number of rotatable bonds is 10. The van der Waals surface area contributed by atoms with Gasteiger partial charge in [0, 0.05) is 6.07 Å². The van der Waals surface area contributed by atoms with Gasteiger partial charge in [-0.3, -0.25) is 14.5 Å². The fourth-order valence-corrected chi connectivity index (χ4v) is 3.32. The lowest BCUT2D eigenvalue weighted by atomic mass is 10.1. The van der Waals surface area contributed by atoms with E-state index in [1.54, 1.807) is 13.8 Å². The molecule has 2 aromatic rings. The number of benzene rings is 1. The first-order valence-electron chi connectivity index (χ1n) is 10.9. The Bertz CT molecular complexity index is 1040. The minimum Gasteiger partial charge on any atom is -0.465 e. The SMILES string of the molecule is CCOC(=O)CN(CC(=O)OCC)C(=O)Oc1cc(Cl)nnc1Oc1c(C)cccc1C1CC1. The Morgan fingerprint density at radius 3 is 2.29 bits per heavy atom. The van der Waals surface area contributed by atoms with Gasteiger partial charge in [-0.2, -0.15) is 0 Å². The molecule has 0 N–H and O–H groups in total. The number of aryl methyl sites for hydroxylation is 1. The minimum atomic E-state index is -1.01. The molecule has 1 aromatic heterocycles. The molecule has 11 heteroatoms. The van der Waals surface area contributed by atoms with Gasteiger partial charge in [0.2, 0.25) is 0 Å². The van der Waals surface area contributed by atoms with Crippen molar-refractivity contribution in [1.82, 2.24) is 15.1 Å². The maximum atomic E-state index is 12.9. The van der Waals surface area contributed by atoms with Crippen LogP contribution in [0.25, 0.3) is 0 Å². The largest absolute Gasteiger partial charge is 0.465 e. The first-order valence-corrected chi connectivity index (χ1v) is 11.3. The molecule has 1 fully saturated rings. The molecule has 0 saturated heterocycles. The van der Waals surface area contributed by atoms with Crippen LogP contribution in [0.1, 0.15) is 43.7 Å². The maximum absolute atomic E-state index is 12.9. The molecule has 1 aliphatic rings. The summed E-state index contributed by atoms with van der Waals surface area (Å²) in [6, 6.07) is 7.10. The number of halogens is 1. The van der Waals surface area contributed by atoms with Crippen LogP contribution < -0.4 is 9.47 Å². The Kier molecular flexibility index (Phi) is 8.64. The number of amides is 1. The van der Waals surface area contributed by atoms with Gasteiger partial charge in [-0.15, -0.1) is 10.2 Å². The molecule has 0 unspecified atom stereocenters. The normalized spacial score (nSPS) is 12.6. The van der Waals surface area contributed by atoms with E-state index in [-0.39, 0.29) is 30.0 Å². The summed E-state index contributed by atoms with van der Waals surface area (Å²) < 4.78 is 21.2. The molecular weight excluding hydrogens is 466 g/mol. The van der Waals surface area contributed by atoms with Gasteiger partial charge in [-0.1, -0.05) is 29.8 Å². The molecule has 0 spiro atoms. The summed E-state index contributed by atoms with van der Waals surface area (Å²) in [5.74, 6) is -0.617. The Labute approximate surface area is 202 Å². The molecule has 1 amide bonds. The Balaban J connectivity index is 1.84. The van der Waals surface area contributed by atoms with Crippen molar-refractivity contribution in [3.63, 3.8) is 0 Å². The van der Waals surface area contributed by atoms with E-state index in [1.807, 2.05) is 25.1 Å². The summed E-state index contributed by atoms with van der Waals surface area (Å²) >= 11 is 5.97. The predicted molar refractivity (Wildman–Crippen MR) is 121 cm³/mol. The van der Waals surface area contributed by atoms with Crippen LogP contribution in [-0.4, -0.2) is 59.4 Å². The van der Waals surface area contributed by atoms with Crippen molar-refractivity contribution in [2.24, 2.45) is 0 Å². The van der Waals surface area contributed by atoms with Crippen LogP contribution in [0.3, 0.4) is 0 Å². The number of ether oxygens (including phenoxy) is 4. The zero-order valence-corrected chi connectivity index (χ0v) is 20.0. The highest BCUT2D eigenvalue weighted by atomic mass is 35.5. The second-order valence-electron chi connectivity index (χ2n) is 7.54. The van der Waals surface area contributed by atoms with Gasteiger partial charge in [-0.25, -0.2) is 4.79 Å². The molecule has 1 heterocycles. The lowest BCUT2D eigenvalue weighted by molar-refractivity contribution is -0.147. The van der Waals surface area contributed by atoms with Crippen molar-refractivity contribution < 1.29 is 33.3 Å². The molecule has 0 atom stereocenters. The number of aromatic nitrogens is 2. The zero-order valence-electron chi connectivity index (χ0n) is 19.2.